The molecule has 1 aliphatic carbocycles. The SMILES string of the molecule is O=C1c2c(Cl)c(Cl)c(Cl)c(Cl)c2C(=O)C1c1ccccc1. The summed E-state index contributed by atoms with van der Waals surface area (Å²) in [6.45, 7) is 0. The number of carbonyl (C=O) groups excluding carboxylic acids is 2. The van der Waals surface area contributed by atoms with E-state index in [0.717, 1.165) is 0 Å². The van der Waals surface area contributed by atoms with Gasteiger partial charge >= 0.3 is 0 Å². The number of Topliss-reactive ketones (excluding diaryl/α,β-unsaturated/α-hetero) is 2. The van der Waals surface area contributed by atoms with E-state index in [-0.39, 0.29) is 31.2 Å². The van der Waals surface area contributed by atoms with Gasteiger partial charge in [-0.1, -0.05) is 76.7 Å². The molecule has 3 rings (SSSR count). The first-order valence-corrected chi connectivity index (χ1v) is 7.45. The molecule has 0 amide bonds. The summed E-state index contributed by atoms with van der Waals surface area (Å²) in [5, 5.41) is -0.0930. The zero-order chi connectivity index (χ0) is 15.3. The van der Waals surface area contributed by atoms with E-state index >= 15 is 0 Å². The molecule has 21 heavy (non-hydrogen) atoms. The fraction of sp³-hybridized carbons (Fsp3) is 0.0667. The van der Waals surface area contributed by atoms with Crippen LogP contribution in [0, 0.1) is 0 Å². The lowest BCUT2D eigenvalue weighted by atomic mass is 9.94. The monoisotopic (exact) mass is 358 g/mol. The Balaban J connectivity index is 2.27. The highest BCUT2D eigenvalue weighted by Crippen LogP contribution is 2.47. The number of benzene rings is 2. The predicted octanol–water partition coefficient (Wildman–Crippen LogP) is 5.46. The third kappa shape index (κ3) is 2.09. The molecule has 0 spiro atoms. The number of hydrogen-bond donors (Lipinski definition) is 0. The minimum absolute atomic E-state index is 0.0167. The normalized spacial score (nSPS) is 14.7. The van der Waals surface area contributed by atoms with Crippen LogP contribution in [0.1, 0.15) is 32.2 Å². The highest BCUT2D eigenvalue weighted by Gasteiger charge is 2.44. The van der Waals surface area contributed by atoms with E-state index in [4.69, 9.17) is 46.4 Å². The summed E-state index contributed by atoms with van der Waals surface area (Å²) >= 11 is 24.1. The van der Waals surface area contributed by atoms with Crippen LogP contribution in [0.4, 0.5) is 0 Å². The van der Waals surface area contributed by atoms with E-state index in [1.807, 2.05) is 0 Å². The lowest BCUT2D eigenvalue weighted by molar-refractivity contribution is 0.0890. The van der Waals surface area contributed by atoms with E-state index in [1.54, 1.807) is 30.3 Å². The van der Waals surface area contributed by atoms with Gasteiger partial charge in [0, 0.05) is 0 Å². The van der Waals surface area contributed by atoms with Crippen LogP contribution in [-0.4, -0.2) is 11.6 Å². The van der Waals surface area contributed by atoms with E-state index in [2.05, 4.69) is 0 Å². The summed E-state index contributed by atoms with van der Waals surface area (Å²) in [6.07, 6.45) is 0. The van der Waals surface area contributed by atoms with Gasteiger partial charge in [0.1, 0.15) is 5.92 Å². The van der Waals surface area contributed by atoms with Crippen molar-refractivity contribution in [2.75, 3.05) is 0 Å². The molecular formula is C15H6Cl4O2. The molecule has 106 valence electrons. The molecule has 0 atom stereocenters. The Bertz CT molecular complexity index is 737. The lowest BCUT2D eigenvalue weighted by Gasteiger charge is -2.07. The van der Waals surface area contributed by atoms with Crippen molar-refractivity contribution < 1.29 is 9.59 Å². The first-order valence-electron chi connectivity index (χ1n) is 5.94. The van der Waals surface area contributed by atoms with Crippen molar-refractivity contribution in [3.63, 3.8) is 0 Å². The number of fused-ring (bicyclic) bond motifs is 1. The first-order chi connectivity index (χ1) is 9.95. The molecule has 2 aromatic rings. The van der Waals surface area contributed by atoms with Gasteiger partial charge in [-0.3, -0.25) is 9.59 Å². The minimum atomic E-state index is -0.953. The van der Waals surface area contributed by atoms with Gasteiger partial charge in [0.15, 0.2) is 11.6 Å². The minimum Gasteiger partial charge on any atom is -0.293 e. The molecule has 1 aliphatic rings. The number of carbonyl (C=O) groups is 2. The maximum atomic E-state index is 12.6. The molecule has 0 unspecified atom stereocenters. The Morgan fingerprint density at radius 2 is 1.10 bits per heavy atom. The topological polar surface area (TPSA) is 34.1 Å². The molecule has 0 aliphatic heterocycles. The molecular weight excluding hydrogens is 354 g/mol. The van der Waals surface area contributed by atoms with Crippen molar-refractivity contribution in [1.82, 2.24) is 0 Å². The Kier molecular flexibility index (Phi) is 3.74. The molecule has 0 bridgehead atoms. The Morgan fingerprint density at radius 1 is 0.667 bits per heavy atom. The van der Waals surface area contributed by atoms with Gasteiger partial charge in [0.2, 0.25) is 0 Å². The van der Waals surface area contributed by atoms with Crippen LogP contribution in [0.15, 0.2) is 30.3 Å². The molecule has 2 nitrogen and oxygen atoms in total. The average molecular weight is 360 g/mol. The lowest BCUT2D eigenvalue weighted by Crippen LogP contribution is -2.12. The van der Waals surface area contributed by atoms with E-state index in [1.165, 1.54) is 0 Å². The second kappa shape index (κ2) is 5.29. The molecule has 0 saturated heterocycles. The summed E-state index contributed by atoms with van der Waals surface area (Å²) in [7, 11) is 0. The fourth-order valence-corrected chi connectivity index (χ4v) is 3.49. The third-order valence-corrected chi connectivity index (χ3v) is 5.22. The van der Waals surface area contributed by atoms with Crippen molar-refractivity contribution in [3.05, 3.63) is 67.1 Å². The van der Waals surface area contributed by atoms with Crippen molar-refractivity contribution >= 4 is 58.0 Å². The molecule has 6 heteroatoms. The van der Waals surface area contributed by atoms with E-state index in [0.29, 0.717) is 5.56 Å². The van der Waals surface area contributed by atoms with Crippen LogP contribution >= 0.6 is 46.4 Å². The van der Waals surface area contributed by atoms with Crippen molar-refractivity contribution in [2.24, 2.45) is 0 Å². The van der Waals surface area contributed by atoms with E-state index < -0.39 is 17.5 Å². The number of rotatable bonds is 1. The molecule has 0 radical (unpaired) electrons. The number of hydrogen-bond acceptors (Lipinski definition) is 2. The van der Waals surface area contributed by atoms with Crippen LogP contribution in [0.2, 0.25) is 20.1 Å². The van der Waals surface area contributed by atoms with Crippen molar-refractivity contribution in [1.29, 1.82) is 0 Å². The largest absolute Gasteiger partial charge is 0.293 e. The fourth-order valence-electron chi connectivity index (χ4n) is 2.45. The summed E-state index contributed by atoms with van der Waals surface area (Å²) < 4.78 is 0. The van der Waals surface area contributed by atoms with Gasteiger partial charge in [-0.2, -0.15) is 0 Å². The Morgan fingerprint density at radius 3 is 1.52 bits per heavy atom. The number of ketones is 2. The van der Waals surface area contributed by atoms with Crippen LogP contribution in [0.5, 0.6) is 0 Å². The van der Waals surface area contributed by atoms with Crippen LogP contribution in [-0.2, 0) is 0 Å². The van der Waals surface area contributed by atoms with Crippen LogP contribution < -0.4 is 0 Å². The first kappa shape index (κ1) is 14.9. The maximum Gasteiger partial charge on any atom is 0.180 e. The summed E-state index contributed by atoms with van der Waals surface area (Å²) in [5.41, 5.74) is 0.688. The Labute approximate surface area is 140 Å². The molecule has 0 N–H and O–H groups in total. The average Bonchev–Trinajstić information content (AvgIpc) is 2.75. The quantitative estimate of drug-likeness (QED) is 0.384. The van der Waals surface area contributed by atoms with Gasteiger partial charge in [-0.05, 0) is 5.56 Å². The Hall–Kier alpha value is -1.06. The zero-order valence-corrected chi connectivity index (χ0v) is 13.3. The number of halogens is 4. The predicted molar refractivity (Wildman–Crippen MR) is 84.3 cm³/mol. The third-order valence-electron chi connectivity index (χ3n) is 3.42. The summed E-state index contributed by atoms with van der Waals surface area (Å²) in [6, 6.07) is 8.72. The second-order valence-corrected chi connectivity index (χ2v) is 6.09. The summed E-state index contributed by atoms with van der Waals surface area (Å²) in [5.74, 6) is -1.77. The molecule has 0 fully saturated rings. The van der Waals surface area contributed by atoms with Crippen LogP contribution in [0.3, 0.4) is 0 Å². The van der Waals surface area contributed by atoms with Gasteiger partial charge in [-0.15, -0.1) is 0 Å². The smallest absolute Gasteiger partial charge is 0.180 e. The van der Waals surface area contributed by atoms with Crippen molar-refractivity contribution in [2.45, 2.75) is 5.92 Å². The second-order valence-electron chi connectivity index (χ2n) is 4.58. The highest BCUT2D eigenvalue weighted by atomic mass is 35.5. The maximum absolute atomic E-state index is 12.6. The molecule has 2 aromatic carbocycles. The van der Waals surface area contributed by atoms with Gasteiger partial charge in [0.25, 0.3) is 0 Å². The van der Waals surface area contributed by atoms with Crippen LogP contribution in [0.25, 0.3) is 0 Å². The summed E-state index contributed by atoms with van der Waals surface area (Å²) in [4.78, 5) is 25.2. The molecule has 0 heterocycles. The van der Waals surface area contributed by atoms with Gasteiger partial charge in [0.05, 0.1) is 31.2 Å². The standard InChI is InChI=1S/C15H6Cl4O2/c16-10-8-9(11(17)13(19)12(10)18)15(21)7(14(8)20)6-4-2-1-3-5-6/h1-5,7H. The van der Waals surface area contributed by atoms with Crippen molar-refractivity contribution in [3.8, 4) is 0 Å². The molecule has 0 saturated carbocycles. The highest BCUT2D eigenvalue weighted by molar-refractivity contribution is 6.55. The zero-order valence-electron chi connectivity index (χ0n) is 10.3. The molecule has 0 aromatic heterocycles. The van der Waals surface area contributed by atoms with E-state index in [9.17, 15) is 9.59 Å². The van der Waals surface area contributed by atoms with Gasteiger partial charge in [-0.25, -0.2) is 0 Å². The van der Waals surface area contributed by atoms with Gasteiger partial charge < -0.3 is 0 Å².